The largest absolute Gasteiger partial charge is 0.330 e. The normalized spacial score (nSPS) is 24.3. The van der Waals surface area contributed by atoms with Crippen molar-refractivity contribution < 1.29 is 4.92 Å². The first-order valence-electron chi connectivity index (χ1n) is 6.76. The summed E-state index contributed by atoms with van der Waals surface area (Å²) in [5.74, 6) is 1.21. The highest BCUT2D eigenvalue weighted by Crippen LogP contribution is 2.24. The Morgan fingerprint density at radius 3 is 3.00 bits per heavy atom. The first-order valence-corrected chi connectivity index (χ1v) is 6.76. The van der Waals surface area contributed by atoms with Crippen LogP contribution in [0.1, 0.15) is 18.9 Å². The van der Waals surface area contributed by atoms with E-state index in [1.165, 1.54) is 6.07 Å². The number of nitro benzene ring substituents is 1. The van der Waals surface area contributed by atoms with Gasteiger partial charge in [-0.05, 0) is 36.9 Å². The van der Waals surface area contributed by atoms with Gasteiger partial charge in [0.25, 0.3) is 5.69 Å². The van der Waals surface area contributed by atoms with E-state index in [0.717, 1.165) is 31.6 Å². The Morgan fingerprint density at radius 2 is 2.32 bits per heavy atom. The van der Waals surface area contributed by atoms with Gasteiger partial charge in [0, 0.05) is 25.2 Å². The summed E-state index contributed by atoms with van der Waals surface area (Å²) in [6, 6.07) is 6.89. The highest BCUT2D eigenvalue weighted by atomic mass is 16.6. The minimum atomic E-state index is -0.343. The molecule has 0 aromatic heterocycles. The monoisotopic (exact) mass is 263 g/mol. The van der Waals surface area contributed by atoms with Crippen molar-refractivity contribution in [2.75, 3.05) is 19.6 Å². The van der Waals surface area contributed by atoms with Crippen LogP contribution in [0.25, 0.3) is 0 Å². The number of hydrogen-bond donors (Lipinski definition) is 1. The van der Waals surface area contributed by atoms with Crippen molar-refractivity contribution >= 4 is 5.69 Å². The van der Waals surface area contributed by atoms with E-state index < -0.39 is 0 Å². The second-order valence-corrected chi connectivity index (χ2v) is 5.42. The van der Waals surface area contributed by atoms with E-state index in [1.807, 2.05) is 6.07 Å². The molecular formula is C14H21N3O2. The molecule has 0 aliphatic carbocycles. The summed E-state index contributed by atoms with van der Waals surface area (Å²) in [6.45, 7) is 5.76. The lowest BCUT2D eigenvalue weighted by atomic mass is 9.87. The molecule has 0 bridgehead atoms. The van der Waals surface area contributed by atoms with Crippen LogP contribution in [0.15, 0.2) is 24.3 Å². The van der Waals surface area contributed by atoms with E-state index in [0.29, 0.717) is 18.4 Å². The first-order chi connectivity index (χ1) is 9.10. The van der Waals surface area contributed by atoms with Gasteiger partial charge in [0.15, 0.2) is 0 Å². The summed E-state index contributed by atoms with van der Waals surface area (Å²) in [7, 11) is 0. The fourth-order valence-corrected chi connectivity index (χ4v) is 2.70. The van der Waals surface area contributed by atoms with Gasteiger partial charge in [-0.1, -0.05) is 19.1 Å². The van der Waals surface area contributed by atoms with Crippen LogP contribution in [0, 0.1) is 22.0 Å². The van der Waals surface area contributed by atoms with Crippen LogP contribution >= 0.6 is 0 Å². The Kier molecular flexibility index (Phi) is 4.50. The molecule has 1 saturated heterocycles. The highest BCUT2D eigenvalue weighted by Gasteiger charge is 2.25. The third-order valence-electron chi connectivity index (χ3n) is 4.03. The van der Waals surface area contributed by atoms with Crippen molar-refractivity contribution in [1.29, 1.82) is 0 Å². The van der Waals surface area contributed by atoms with Crippen LogP contribution in [0.3, 0.4) is 0 Å². The molecule has 0 spiro atoms. The average Bonchev–Trinajstić information content (AvgIpc) is 2.41. The Balaban J connectivity index is 2.01. The number of nitrogens with zero attached hydrogens (tertiary/aromatic N) is 2. The molecule has 1 aliphatic rings. The summed E-state index contributed by atoms with van der Waals surface area (Å²) in [5, 5.41) is 10.8. The summed E-state index contributed by atoms with van der Waals surface area (Å²) >= 11 is 0. The summed E-state index contributed by atoms with van der Waals surface area (Å²) in [5.41, 5.74) is 6.96. The fraction of sp³-hybridized carbons (Fsp3) is 0.571. The van der Waals surface area contributed by atoms with E-state index >= 15 is 0 Å². The van der Waals surface area contributed by atoms with Gasteiger partial charge in [0.2, 0.25) is 0 Å². The van der Waals surface area contributed by atoms with Crippen LogP contribution in [0.4, 0.5) is 5.69 Å². The number of likely N-dealkylation sites (tertiary alicyclic amines) is 1. The van der Waals surface area contributed by atoms with Crippen molar-refractivity contribution in [2.24, 2.45) is 17.6 Å². The lowest BCUT2D eigenvalue weighted by molar-refractivity contribution is -0.384. The molecule has 2 rings (SSSR count). The molecule has 5 nitrogen and oxygen atoms in total. The van der Waals surface area contributed by atoms with Gasteiger partial charge >= 0.3 is 0 Å². The zero-order valence-electron chi connectivity index (χ0n) is 11.3. The van der Waals surface area contributed by atoms with Gasteiger partial charge < -0.3 is 5.73 Å². The van der Waals surface area contributed by atoms with Crippen molar-refractivity contribution in [1.82, 2.24) is 4.90 Å². The van der Waals surface area contributed by atoms with Crippen LogP contribution in [-0.2, 0) is 6.54 Å². The molecular weight excluding hydrogens is 242 g/mol. The Labute approximate surface area is 113 Å². The van der Waals surface area contributed by atoms with Crippen LogP contribution in [-0.4, -0.2) is 29.5 Å². The summed E-state index contributed by atoms with van der Waals surface area (Å²) < 4.78 is 0. The second kappa shape index (κ2) is 6.12. The Morgan fingerprint density at radius 1 is 1.53 bits per heavy atom. The van der Waals surface area contributed by atoms with Gasteiger partial charge in [-0.2, -0.15) is 0 Å². The Hall–Kier alpha value is -1.46. The fourth-order valence-electron chi connectivity index (χ4n) is 2.70. The van der Waals surface area contributed by atoms with Crippen LogP contribution in [0.5, 0.6) is 0 Å². The number of nitrogens with two attached hydrogens (primary N) is 1. The van der Waals surface area contributed by atoms with Gasteiger partial charge in [0.05, 0.1) is 4.92 Å². The van der Waals surface area contributed by atoms with Gasteiger partial charge in [-0.25, -0.2) is 0 Å². The molecule has 1 aromatic rings. The molecule has 2 unspecified atom stereocenters. The molecule has 2 N–H and O–H groups in total. The predicted octanol–water partition coefficient (Wildman–Crippen LogP) is 2.01. The van der Waals surface area contributed by atoms with Gasteiger partial charge in [-0.15, -0.1) is 0 Å². The van der Waals surface area contributed by atoms with Gasteiger partial charge in [-0.3, -0.25) is 15.0 Å². The number of nitro groups is 1. The quantitative estimate of drug-likeness (QED) is 0.666. The molecule has 5 heteroatoms. The van der Waals surface area contributed by atoms with E-state index in [9.17, 15) is 10.1 Å². The first kappa shape index (κ1) is 14.0. The summed E-state index contributed by atoms with van der Waals surface area (Å²) in [6.07, 6.45) is 1.15. The Bertz CT molecular complexity index is 450. The molecule has 0 radical (unpaired) electrons. The van der Waals surface area contributed by atoms with Crippen molar-refractivity contribution in [2.45, 2.75) is 19.9 Å². The molecule has 2 atom stereocenters. The lowest BCUT2D eigenvalue weighted by Crippen LogP contribution is -2.42. The number of hydrogen-bond acceptors (Lipinski definition) is 4. The van der Waals surface area contributed by atoms with Crippen molar-refractivity contribution in [3.05, 3.63) is 39.9 Å². The maximum absolute atomic E-state index is 10.8. The van der Waals surface area contributed by atoms with E-state index in [2.05, 4.69) is 11.8 Å². The molecule has 0 saturated carbocycles. The number of rotatable bonds is 4. The van der Waals surface area contributed by atoms with E-state index in [-0.39, 0.29) is 10.6 Å². The molecule has 1 fully saturated rings. The van der Waals surface area contributed by atoms with E-state index in [4.69, 9.17) is 5.73 Å². The number of non-ortho nitro benzene ring substituents is 1. The smallest absolute Gasteiger partial charge is 0.269 e. The number of benzene rings is 1. The minimum Gasteiger partial charge on any atom is -0.330 e. The molecule has 1 aliphatic heterocycles. The maximum Gasteiger partial charge on any atom is 0.269 e. The topological polar surface area (TPSA) is 72.4 Å². The zero-order chi connectivity index (χ0) is 13.8. The minimum absolute atomic E-state index is 0.165. The van der Waals surface area contributed by atoms with Gasteiger partial charge in [0.1, 0.15) is 0 Å². The van der Waals surface area contributed by atoms with Crippen LogP contribution in [0.2, 0.25) is 0 Å². The molecule has 1 aromatic carbocycles. The SMILES string of the molecule is CC1CCN(Cc2cccc([N+](=O)[O-])c2)CC1CN. The average molecular weight is 263 g/mol. The molecule has 0 amide bonds. The maximum atomic E-state index is 10.8. The third kappa shape index (κ3) is 3.52. The molecule has 1 heterocycles. The molecule has 104 valence electrons. The second-order valence-electron chi connectivity index (χ2n) is 5.42. The highest BCUT2D eigenvalue weighted by molar-refractivity contribution is 5.34. The summed E-state index contributed by atoms with van der Waals surface area (Å²) in [4.78, 5) is 12.8. The van der Waals surface area contributed by atoms with Crippen LogP contribution < -0.4 is 5.73 Å². The molecule has 19 heavy (non-hydrogen) atoms. The lowest BCUT2D eigenvalue weighted by Gasteiger charge is -2.36. The third-order valence-corrected chi connectivity index (χ3v) is 4.03. The predicted molar refractivity (Wildman–Crippen MR) is 74.7 cm³/mol. The number of piperidine rings is 1. The van der Waals surface area contributed by atoms with E-state index in [1.54, 1.807) is 12.1 Å². The van der Waals surface area contributed by atoms with Crippen molar-refractivity contribution in [3.8, 4) is 0 Å². The standard InChI is InChI=1S/C14H21N3O2/c1-11-5-6-16(10-13(11)8-15)9-12-3-2-4-14(7-12)17(18)19/h2-4,7,11,13H,5-6,8-10,15H2,1H3. The van der Waals surface area contributed by atoms with Crippen molar-refractivity contribution in [3.63, 3.8) is 0 Å². The zero-order valence-corrected chi connectivity index (χ0v) is 11.3.